The van der Waals surface area contributed by atoms with E-state index in [1.165, 1.54) is 29.2 Å². The van der Waals surface area contributed by atoms with Crippen LogP contribution in [0.1, 0.15) is 46.1 Å². The molecule has 0 aliphatic rings. The van der Waals surface area contributed by atoms with Gasteiger partial charge in [0, 0.05) is 35.1 Å². The van der Waals surface area contributed by atoms with Crippen molar-refractivity contribution < 1.29 is 22.4 Å². The van der Waals surface area contributed by atoms with Gasteiger partial charge in [0.1, 0.15) is 11.9 Å². The maximum Gasteiger partial charge on any atom is 0.242 e. The predicted octanol–water partition coefficient (Wildman–Crippen LogP) is 5.01. The zero-order chi connectivity index (χ0) is 27.3. The third-order valence-corrected chi connectivity index (χ3v) is 7.06. The number of halogens is 3. The molecule has 11 heteroatoms. The van der Waals surface area contributed by atoms with Crippen molar-refractivity contribution in [3.63, 3.8) is 0 Å². The summed E-state index contributed by atoms with van der Waals surface area (Å²) in [6, 6.07) is 9.59. The standard InChI is InChI=1S/C25H32Cl2FN3O4S/c1-17(24(33)29-25(2,3)4)30(16-18-12-13-19(26)15-20(18)27)23(32)11-8-14-31(36(5,34)35)22-10-7-6-9-21(22)28/h6-7,9-10,12-13,15,17H,8,11,14,16H2,1-5H3,(H,29,33)/t17-/m0/s1. The smallest absolute Gasteiger partial charge is 0.242 e. The molecule has 2 aromatic carbocycles. The Kier molecular flexibility index (Phi) is 10.2. The molecule has 0 aliphatic heterocycles. The average molecular weight is 561 g/mol. The summed E-state index contributed by atoms with van der Waals surface area (Å²) < 4.78 is 39.8. The Morgan fingerprint density at radius 3 is 2.31 bits per heavy atom. The fourth-order valence-corrected chi connectivity index (χ4v) is 4.96. The summed E-state index contributed by atoms with van der Waals surface area (Å²) in [7, 11) is -3.79. The average Bonchev–Trinajstić information content (AvgIpc) is 2.74. The molecule has 0 fully saturated rings. The zero-order valence-electron chi connectivity index (χ0n) is 21.0. The van der Waals surface area contributed by atoms with E-state index < -0.39 is 27.4 Å². The van der Waals surface area contributed by atoms with Gasteiger partial charge in [-0.2, -0.15) is 0 Å². The van der Waals surface area contributed by atoms with E-state index in [0.29, 0.717) is 15.6 Å². The number of nitrogens with zero attached hydrogens (tertiary/aromatic N) is 2. The van der Waals surface area contributed by atoms with Gasteiger partial charge >= 0.3 is 0 Å². The number of carbonyl (C=O) groups is 2. The molecule has 0 radical (unpaired) electrons. The van der Waals surface area contributed by atoms with Crippen molar-refractivity contribution >= 4 is 50.7 Å². The molecule has 1 N–H and O–H groups in total. The Balaban J connectivity index is 2.24. The van der Waals surface area contributed by atoms with Crippen LogP contribution in [0.15, 0.2) is 42.5 Å². The molecule has 2 rings (SSSR count). The van der Waals surface area contributed by atoms with Crippen LogP contribution >= 0.6 is 23.2 Å². The Hall–Kier alpha value is -2.36. The number of hydrogen-bond acceptors (Lipinski definition) is 4. The van der Waals surface area contributed by atoms with Crippen LogP contribution in [0, 0.1) is 5.82 Å². The van der Waals surface area contributed by atoms with Gasteiger partial charge in [0.05, 0.1) is 11.9 Å². The van der Waals surface area contributed by atoms with Crippen LogP contribution in [0.4, 0.5) is 10.1 Å². The Morgan fingerprint density at radius 1 is 1.11 bits per heavy atom. The first-order valence-electron chi connectivity index (χ1n) is 11.4. The van der Waals surface area contributed by atoms with E-state index in [1.807, 2.05) is 20.8 Å². The van der Waals surface area contributed by atoms with Crippen molar-refractivity contribution in [1.82, 2.24) is 10.2 Å². The van der Waals surface area contributed by atoms with Gasteiger partial charge in [-0.25, -0.2) is 12.8 Å². The summed E-state index contributed by atoms with van der Waals surface area (Å²) in [5.74, 6) is -1.40. The molecule has 1 atom stereocenters. The molecule has 0 heterocycles. The van der Waals surface area contributed by atoms with Crippen LogP contribution in [0.3, 0.4) is 0 Å². The number of amides is 2. The number of sulfonamides is 1. The van der Waals surface area contributed by atoms with Crippen LogP contribution in [0.2, 0.25) is 10.0 Å². The number of hydrogen-bond donors (Lipinski definition) is 1. The molecule has 2 amide bonds. The summed E-state index contributed by atoms with van der Waals surface area (Å²) >= 11 is 12.3. The quantitative estimate of drug-likeness (QED) is 0.443. The van der Waals surface area contributed by atoms with E-state index in [1.54, 1.807) is 25.1 Å². The van der Waals surface area contributed by atoms with Crippen LogP contribution < -0.4 is 9.62 Å². The molecule has 0 bridgehead atoms. The maximum atomic E-state index is 14.3. The number of benzene rings is 2. The molecule has 0 aliphatic carbocycles. The SMILES string of the molecule is C[C@@H](C(=O)NC(C)(C)C)N(Cc1ccc(Cl)cc1Cl)C(=O)CCCN(c1ccccc1F)S(C)(=O)=O. The topological polar surface area (TPSA) is 86.8 Å². The third kappa shape index (κ3) is 8.64. The van der Waals surface area contributed by atoms with Crippen LogP contribution in [0.25, 0.3) is 0 Å². The highest BCUT2D eigenvalue weighted by Gasteiger charge is 2.29. The molecular weight excluding hydrogens is 528 g/mol. The maximum absolute atomic E-state index is 14.3. The Bertz CT molecular complexity index is 1200. The molecule has 2 aromatic rings. The fourth-order valence-electron chi connectivity index (χ4n) is 3.53. The fraction of sp³-hybridized carbons (Fsp3) is 0.440. The summed E-state index contributed by atoms with van der Waals surface area (Å²) in [5, 5.41) is 3.66. The van der Waals surface area contributed by atoms with Crippen molar-refractivity contribution in [3.8, 4) is 0 Å². The highest BCUT2D eigenvalue weighted by molar-refractivity contribution is 7.92. The van der Waals surface area contributed by atoms with Crippen molar-refractivity contribution in [2.45, 2.75) is 58.7 Å². The normalized spacial score (nSPS) is 12.7. The molecule has 198 valence electrons. The minimum absolute atomic E-state index is 0.0523. The molecule has 0 spiro atoms. The largest absolute Gasteiger partial charge is 0.350 e. The van der Waals surface area contributed by atoms with Gasteiger partial charge in [-0.15, -0.1) is 0 Å². The van der Waals surface area contributed by atoms with Gasteiger partial charge in [0.2, 0.25) is 21.8 Å². The van der Waals surface area contributed by atoms with Crippen molar-refractivity contribution in [2.24, 2.45) is 0 Å². The van der Waals surface area contributed by atoms with Crippen LogP contribution in [0.5, 0.6) is 0 Å². The third-order valence-electron chi connectivity index (χ3n) is 5.29. The van der Waals surface area contributed by atoms with Crippen LogP contribution in [-0.4, -0.2) is 49.5 Å². The zero-order valence-corrected chi connectivity index (χ0v) is 23.3. The van der Waals surface area contributed by atoms with E-state index in [4.69, 9.17) is 23.2 Å². The van der Waals surface area contributed by atoms with Gasteiger partial charge in [-0.05, 0) is 63.9 Å². The van der Waals surface area contributed by atoms with E-state index in [-0.39, 0.29) is 43.4 Å². The predicted molar refractivity (Wildman–Crippen MR) is 142 cm³/mol. The first kappa shape index (κ1) is 29.9. The monoisotopic (exact) mass is 559 g/mol. The first-order chi connectivity index (χ1) is 16.6. The molecule has 7 nitrogen and oxygen atoms in total. The second kappa shape index (κ2) is 12.3. The van der Waals surface area contributed by atoms with Crippen molar-refractivity contribution in [3.05, 3.63) is 63.9 Å². The van der Waals surface area contributed by atoms with Gasteiger partial charge in [-0.1, -0.05) is 41.4 Å². The number of anilines is 1. The van der Waals surface area contributed by atoms with Gasteiger partial charge in [0.15, 0.2) is 0 Å². The minimum Gasteiger partial charge on any atom is -0.350 e. The van der Waals surface area contributed by atoms with Crippen molar-refractivity contribution in [2.75, 3.05) is 17.1 Å². The van der Waals surface area contributed by atoms with Crippen LogP contribution in [-0.2, 0) is 26.2 Å². The summed E-state index contributed by atoms with van der Waals surface area (Å²) in [6.07, 6.45) is 1.02. The number of para-hydroxylation sites is 1. The molecule has 36 heavy (non-hydrogen) atoms. The first-order valence-corrected chi connectivity index (χ1v) is 14.0. The molecule has 0 unspecified atom stereocenters. The lowest BCUT2D eigenvalue weighted by Crippen LogP contribution is -2.52. The van der Waals surface area contributed by atoms with E-state index >= 15 is 0 Å². The van der Waals surface area contributed by atoms with Crippen molar-refractivity contribution in [1.29, 1.82) is 0 Å². The van der Waals surface area contributed by atoms with Gasteiger partial charge < -0.3 is 10.2 Å². The number of nitrogens with one attached hydrogen (secondary N) is 1. The Labute approximate surface area is 222 Å². The second-order valence-electron chi connectivity index (χ2n) is 9.56. The lowest BCUT2D eigenvalue weighted by atomic mass is 10.1. The molecule has 0 saturated heterocycles. The summed E-state index contributed by atoms with van der Waals surface area (Å²) in [5.41, 5.74) is 0.0115. The van der Waals surface area contributed by atoms with E-state index in [0.717, 1.165) is 10.6 Å². The molecule has 0 aromatic heterocycles. The highest BCUT2D eigenvalue weighted by atomic mass is 35.5. The summed E-state index contributed by atoms with van der Waals surface area (Å²) in [6.45, 7) is 7.07. The van der Waals surface area contributed by atoms with Gasteiger partial charge in [-0.3, -0.25) is 13.9 Å². The molecular formula is C25H32Cl2FN3O4S. The number of rotatable bonds is 10. The number of carbonyl (C=O) groups excluding carboxylic acids is 2. The second-order valence-corrected chi connectivity index (χ2v) is 12.3. The van der Waals surface area contributed by atoms with E-state index in [9.17, 15) is 22.4 Å². The van der Waals surface area contributed by atoms with E-state index in [2.05, 4.69) is 5.32 Å². The lowest BCUT2D eigenvalue weighted by Gasteiger charge is -2.32. The van der Waals surface area contributed by atoms with Gasteiger partial charge in [0.25, 0.3) is 0 Å². The highest BCUT2D eigenvalue weighted by Crippen LogP contribution is 2.25. The Morgan fingerprint density at radius 2 is 1.75 bits per heavy atom. The minimum atomic E-state index is -3.79. The molecule has 0 saturated carbocycles. The summed E-state index contributed by atoms with van der Waals surface area (Å²) in [4.78, 5) is 27.6. The lowest BCUT2D eigenvalue weighted by molar-refractivity contribution is -0.141.